The Balaban J connectivity index is 1.74. The molecule has 8 heteroatoms. The van der Waals surface area contributed by atoms with Crippen LogP contribution in [0.2, 0.25) is 0 Å². The number of nitrogens with one attached hydrogen (secondary N) is 1. The Bertz CT molecular complexity index is 886. The number of amides is 1. The van der Waals surface area contributed by atoms with Gasteiger partial charge in [-0.25, -0.2) is 9.07 Å². The molecule has 0 radical (unpaired) electrons. The Morgan fingerprint density at radius 3 is 2.84 bits per heavy atom. The molecule has 0 aliphatic rings. The van der Waals surface area contributed by atoms with Crippen LogP contribution in [0.25, 0.3) is 5.69 Å². The van der Waals surface area contributed by atoms with Crippen LogP contribution < -0.4 is 10.1 Å². The Morgan fingerprint density at radius 1 is 1.32 bits per heavy atom. The fourth-order valence-electron chi connectivity index (χ4n) is 2.16. The number of ether oxygens (including phenoxy) is 1. The van der Waals surface area contributed by atoms with Crippen LogP contribution in [0, 0.1) is 5.82 Å². The second-order valence-electron chi connectivity index (χ2n) is 5.19. The number of carbonyl (C=O) groups excluding carboxylic acids is 1. The van der Waals surface area contributed by atoms with Gasteiger partial charge in [-0.1, -0.05) is 17.3 Å². The predicted molar refractivity (Wildman–Crippen MR) is 94.2 cm³/mol. The van der Waals surface area contributed by atoms with Crippen molar-refractivity contribution in [2.75, 3.05) is 5.32 Å². The third-order valence-electron chi connectivity index (χ3n) is 3.40. The Kier molecular flexibility index (Phi) is 5.08. The van der Waals surface area contributed by atoms with Crippen LogP contribution in [0.15, 0.2) is 59.3 Å². The highest BCUT2D eigenvalue weighted by atomic mass is 79.9. The van der Waals surface area contributed by atoms with Gasteiger partial charge < -0.3 is 10.1 Å². The summed E-state index contributed by atoms with van der Waals surface area (Å²) in [6.07, 6.45) is 2.45. The van der Waals surface area contributed by atoms with Gasteiger partial charge in [0.25, 0.3) is 5.91 Å². The summed E-state index contributed by atoms with van der Waals surface area (Å²) in [6.45, 7) is 1.61. The van der Waals surface area contributed by atoms with Crippen LogP contribution in [0.5, 0.6) is 5.75 Å². The van der Waals surface area contributed by atoms with E-state index in [0.717, 1.165) is 0 Å². The monoisotopic (exact) mass is 404 g/mol. The first-order chi connectivity index (χ1) is 12.0. The molecule has 0 spiro atoms. The van der Waals surface area contributed by atoms with E-state index < -0.39 is 11.9 Å². The molecule has 6 nitrogen and oxygen atoms in total. The summed E-state index contributed by atoms with van der Waals surface area (Å²) in [4.78, 5) is 12.4. The van der Waals surface area contributed by atoms with E-state index in [1.807, 2.05) is 12.1 Å². The number of rotatable bonds is 5. The first-order valence-corrected chi connectivity index (χ1v) is 8.22. The van der Waals surface area contributed by atoms with Crippen molar-refractivity contribution in [1.29, 1.82) is 0 Å². The zero-order valence-electron chi connectivity index (χ0n) is 13.2. The standard InChI is InChI=1S/C17H14BrFN4O2/c1-11(25-16-7-6-12(19)10-13(16)18)17(24)21-14-4-2-3-5-15(14)23-9-8-20-22-23/h2-11H,1H3,(H,21,24). The van der Waals surface area contributed by atoms with Crippen LogP contribution in [0.3, 0.4) is 0 Å². The zero-order chi connectivity index (χ0) is 17.8. The first kappa shape index (κ1) is 17.1. The van der Waals surface area contributed by atoms with E-state index in [1.54, 1.807) is 36.1 Å². The SMILES string of the molecule is CC(Oc1ccc(F)cc1Br)C(=O)Nc1ccccc1-n1ccnn1. The van der Waals surface area contributed by atoms with Gasteiger partial charge in [-0.15, -0.1) is 5.10 Å². The van der Waals surface area contributed by atoms with E-state index in [9.17, 15) is 9.18 Å². The van der Waals surface area contributed by atoms with Crippen molar-refractivity contribution in [2.45, 2.75) is 13.0 Å². The first-order valence-electron chi connectivity index (χ1n) is 7.43. The van der Waals surface area contributed by atoms with Gasteiger partial charge in [0, 0.05) is 0 Å². The number of hydrogen-bond acceptors (Lipinski definition) is 4. The van der Waals surface area contributed by atoms with Gasteiger partial charge in [0.05, 0.1) is 28.2 Å². The van der Waals surface area contributed by atoms with Crippen molar-refractivity contribution in [1.82, 2.24) is 15.0 Å². The van der Waals surface area contributed by atoms with Crippen LogP contribution >= 0.6 is 15.9 Å². The lowest BCUT2D eigenvalue weighted by atomic mass is 10.2. The molecule has 0 aliphatic heterocycles. The molecule has 0 bridgehead atoms. The Morgan fingerprint density at radius 2 is 2.12 bits per heavy atom. The van der Waals surface area contributed by atoms with Crippen molar-refractivity contribution in [3.8, 4) is 11.4 Å². The lowest BCUT2D eigenvalue weighted by Crippen LogP contribution is -2.30. The third kappa shape index (κ3) is 4.03. The second kappa shape index (κ2) is 7.43. The third-order valence-corrected chi connectivity index (χ3v) is 4.02. The summed E-state index contributed by atoms with van der Waals surface area (Å²) in [6, 6.07) is 11.2. The van der Waals surface area contributed by atoms with Gasteiger partial charge in [-0.05, 0) is 53.2 Å². The molecule has 0 fully saturated rings. The average Bonchev–Trinajstić information content (AvgIpc) is 3.12. The van der Waals surface area contributed by atoms with Gasteiger partial charge in [0.1, 0.15) is 11.6 Å². The summed E-state index contributed by atoms with van der Waals surface area (Å²) < 4.78 is 20.7. The number of benzene rings is 2. The highest BCUT2D eigenvalue weighted by Gasteiger charge is 2.18. The highest BCUT2D eigenvalue weighted by molar-refractivity contribution is 9.10. The van der Waals surface area contributed by atoms with Crippen molar-refractivity contribution >= 4 is 27.5 Å². The number of para-hydroxylation sites is 2. The summed E-state index contributed by atoms with van der Waals surface area (Å²) in [5.74, 6) is -0.351. The molecular weight excluding hydrogens is 391 g/mol. The average molecular weight is 405 g/mol. The molecule has 1 heterocycles. The normalized spacial score (nSPS) is 11.8. The van der Waals surface area contributed by atoms with Crippen LogP contribution in [0.4, 0.5) is 10.1 Å². The summed E-state index contributed by atoms with van der Waals surface area (Å²) >= 11 is 3.21. The van der Waals surface area contributed by atoms with Gasteiger partial charge >= 0.3 is 0 Å². The lowest BCUT2D eigenvalue weighted by Gasteiger charge is -2.17. The van der Waals surface area contributed by atoms with E-state index in [1.165, 1.54) is 18.2 Å². The minimum atomic E-state index is -0.787. The number of nitrogens with zero attached hydrogens (tertiary/aromatic N) is 3. The maximum absolute atomic E-state index is 13.1. The molecule has 1 aromatic heterocycles. The Labute approximate surface area is 151 Å². The summed E-state index contributed by atoms with van der Waals surface area (Å²) in [7, 11) is 0. The maximum atomic E-state index is 13.1. The molecule has 1 atom stereocenters. The number of carbonyl (C=O) groups is 1. The number of aromatic nitrogens is 3. The lowest BCUT2D eigenvalue weighted by molar-refractivity contribution is -0.122. The van der Waals surface area contributed by atoms with Gasteiger partial charge in [-0.2, -0.15) is 0 Å². The molecule has 25 heavy (non-hydrogen) atoms. The fraction of sp³-hybridized carbons (Fsp3) is 0.118. The molecule has 1 unspecified atom stereocenters. The van der Waals surface area contributed by atoms with E-state index in [2.05, 4.69) is 31.6 Å². The molecule has 128 valence electrons. The van der Waals surface area contributed by atoms with E-state index in [4.69, 9.17) is 4.74 Å². The predicted octanol–water partition coefficient (Wildman–Crippen LogP) is 3.57. The minimum Gasteiger partial charge on any atom is -0.480 e. The molecule has 3 rings (SSSR count). The van der Waals surface area contributed by atoms with Crippen molar-refractivity contribution in [2.24, 2.45) is 0 Å². The van der Waals surface area contributed by atoms with Crippen LogP contribution in [-0.4, -0.2) is 27.0 Å². The molecule has 1 N–H and O–H groups in total. The number of anilines is 1. The molecular formula is C17H14BrFN4O2. The van der Waals surface area contributed by atoms with E-state index >= 15 is 0 Å². The molecule has 3 aromatic rings. The maximum Gasteiger partial charge on any atom is 0.265 e. The van der Waals surface area contributed by atoms with Crippen LogP contribution in [-0.2, 0) is 4.79 Å². The molecule has 0 aliphatic carbocycles. The van der Waals surface area contributed by atoms with E-state index in [0.29, 0.717) is 21.6 Å². The van der Waals surface area contributed by atoms with Gasteiger partial charge in [-0.3, -0.25) is 4.79 Å². The minimum absolute atomic E-state index is 0.344. The molecule has 1 amide bonds. The van der Waals surface area contributed by atoms with Crippen molar-refractivity contribution in [3.63, 3.8) is 0 Å². The van der Waals surface area contributed by atoms with Crippen LogP contribution in [0.1, 0.15) is 6.92 Å². The fourth-order valence-corrected chi connectivity index (χ4v) is 2.61. The van der Waals surface area contributed by atoms with Gasteiger partial charge in [0.15, 0.2) is 6.10 Å². The Hall–Kier alpha value is -2.74. The number of halogens is 2. The molecule has 2 aromatic carbocycles. The number of hydrogen-bond donors (Lipinski definition) is 1. The molecule has 0 saturated carbocycles. The zero-order valence-corrected chi connectivity index (χ0v) is 14.8. The topological polar surface area (TPSA) is 69.0 Å². The van der Waals surface area contributed by atoms with Crippen molar-refractivity contribution < 1.29 is 13.9 Å². The van der Waals surface area contributed by atoms with Crippen molar-refractivity contribution in [3.05, 3.63) is 65.1 Å². The highest BCUT2D eigenvalue weighted by Crippen LogP contribution is 2.27. The quantitative estimate of drug-likeness (QED) is 0.705. The second-order valence-corrected chi connectivity index (χ2v) is 6.04. The smallest absolute Gasteiger partial charge is 0.265 e. The van der Waals surface area contributed by atoms with E-state index in [-0.39, 0.29) is 5.91 Å². The summed E-state index contributed by atoms with van der Waals surface area (Å²) in [5, 5.41) is 10.5. The summed E-state index contributed by atoms with van der Waals surface area (Å²) in [5.41, 5.74) is 1.26. The largest absolute Gasteiger partial charge is 0.480 e. The van der Waals surface area contributed by atoms with Gasteiger partial charge in [0.2, 0.25) is 0 Å². The molecule has 0 saturated heterocycles.